The molecule has 0 heterocycles. The van der Waals surface area contributed by atoms with Crippen LogP contribution in [0.15, 0.2) is 42.5 Å². The number of hydrogen-bond acceptors (Lipinski definition) is 4. The molecule has 0 saturated heterocycles. The third kappa shape index (κ3) is 4.94. The minimum atomic E-state index is -0.553. The van der Waals surface area contributed by atoms with E-state index < -0.39 is 17.6 Å². The highest BCUT2D eigenvalue weighted by Crippen LogP contribution is 2.28. The standard InChI is InChI=1S/C18H19FN2O4/c1-3-10-25-15-9-6-13(11-16(15)24-2)18(23)21-20-17(22)12-4-7-14(19)8-5-12/h4-9,11H,3,10H2,1-2H3,(H,20,22)(H,21,23). The van der Waals surface area contributed by atoms with Gasteiger partial charge in [0.2, 0.25) is 0 Å². The Bertz CT molecular complexity index is 747. The van der Waals surface area contributed by atoms with Crippen molar-refractivity contribution >= 4 is 11.8 Å². The Labute approximate surface area is 144 Å². The molecule has 0 fully saturated rings. The molecule has 132 valence electrons. The number of hydrazine groups is 1. The number of hydrogen-bond donors (Lipinski definition) is 2. The van der Waals surface area contributed by atoms with E-state index in [1.165, 1.54) is 25.3 Å². The van der Waals surface area contributed by atoms with Gasteiger partial charge in [0.05, 0.1) is 13.7 Å². The molecule has 2 aromatic carbocycles. The lowest BCUT2D eigenvalue weighted by Crippen LogP contribution is -2.41. The van der Waals surface area contributed by atoms with Crippen molar-refractivity contribution in [2.24, 2.45) is 0 Å². The molecule has 0 unspecified atom stereocenters. The first-order chi connectivity index (χ1) is 12.0. The summed E-state index contributed by atoms with van der Waals surface area (Å²) in [6, 6.07) is 9.68. The van der Waals surface area contributed by atoms with Gasteiger partial charge in [-0.2, -0.15) is 0 Å². The highest BCUT2D eigenvalue weighted by Gasteiger charge is 2.12. The Morgan fingerprint density at radius 3 is 2.16 bits per heavy atom. The Hall–Kier alpha value is -3.09. The summed E-state index contributed by atoms with van der Waals surface area (Å²) in [5.74, 6) is -0.556. The lowest BCUT2D eigenvalue weighted by atomic mass is 10.2. The first kappa shape index (κ1) is 18.3. The Balaban J connectivity index is 2.00. The molecule has 0 aliphatic rings. The van der Waals surface area contributed by atoms with Gasteiger partial charge in [0, 0.05) is 11.1 Å². The maximum absolute atomic E-state index is 12.8. The monoisotopic (exact) mass is 346 g/mol. The fourth-order valence-corrected chi connectivity index (χ4v) is 2.00. The van der Waals surface area contributed by atoms with Crippen molar-refractivity contribution in [1.29, 1.82) is 0 Å². The molecular weight excluding hydrogens is 327 g/mol. The van der Waals surface area contributed by atoms with E-state index in [4.69, 9.17) is 9.47 Å². The van der Waals surface area contributed by atoms with E-state index in [9.17, 15) is 14.0 Å². The van der Waals surface area contributed by atoms with Crippen molar-refractivity contribution in [2.45, 2.75) is 13.3 Å². The highest BCUT2D eigenvalue weighted by molar-refractivity contribution is 5.99. The number of amides is 2. The van der Waals surface area contributed by atoms with Crippen LogP contribution in [0.3, 0.4) is 0 Å². The van der Waals surface area contributed by atoms with Crippen LogP contribution in [0.2, 0.25) is 0 Å². The van der Waals surface area contributed by atoms with Crippen molar-refractivity contribution < 1.29 is 23.5 Å². The van der Waals surface area contributed by atoms with Gasteiger partial charge in [-0.1, -0.05) is 6.92 Å². The summed E-state index contributed by atoms with van der Waals surface area (Å²) in [5.41, 5.74) is 5.08. The summed E-state index contributed by atoms with van der Waals surface area (Å²) in [4.78, 5) is 24.0. The number of benzene rings is 2. The quantitative estimate of drug-likeness (QED) is 0.789. The van der Waals surface area contributed by atoms with Crippen LogP contribution in [0.25, 0.3) is 0 Å². The Morgan fingerprint density at radius 2 is 1.56 bits per heavy atom. The van der Waals surface area contributed by atoms with E-state index in [1.54, 1.807) is 12.1 Å². The van der Waals surface area contributed by atoms with Crippen LogP contribution in [0, 0.1) is 5.82 Å². The van der Waals surface area contributed by atoms with Crippen LogP contribution in [0.1, 0.15) is 34.1 Å². The van der Waals surface area contributed by atoms with Crippen molar-refractivity contribution in [1.82, 2.24) is 10.9 Å². The second kappa shape index (κ2) is 8.68. The zero-order chi connectivity index (χ0) is 18.2. The summed E-state index contributed by atoms with van der Waals surface area (Å²) >= 11 is 0. The molecule has 0 saturated carbocycles. The average molecular weight is 346 g/mol. The molecular formula is C18H19FN2O4. The van der Waals surface area contributed by atoms with Gasteiger partial charge in [0.15, 0.2) is 11.5 Å². The predicted octanol–water partition coefficient (Wildman–Crippen LogP) is 2.70. The molecule has 25 heavy (non-hydrogen) atoms. The minimum absolute atomic E-state index is 0.225. The summed E-state index contributed by atoms with van der Waals surface area (Å²) < 4.78 is 23.6. The third-order valence-corrected chi connectivity index (χ3v) is 3.28. The number of rotatable bonds is 6. The smallest absolute Gasteiger partial charge is 0.269 e. The van der Waals surface area contributed by atoms with Crippen molar-refractivity contribution in [2.75, 3.05) is 13.7 Å². The molecule has 0 spiro atoms. The SMILES string of the molecule is CCCOc1ccc(C(=O)NNC(=O)c2ccc(F)cc2)cc1OC. The summed E-state index contributed by atoms with van der Waals surface area (Å²) in [5, 5.41) is 0. The van der Waals surface area contributed by atoms with Crippen molar-refractivity contribution in [3.8, 4) is 11.5 Å². The predicted molar refractivity (Wildman–Crippen MR) is 90.1 cm³/mol. The summed E-state index contributed by atoms with van der Waals surface area (Å²) in [7, 11) is 1.48. The molecule has 2 rings (SSSR count). The van der Waals surface area contributed by atoms with E-state index in [-0.39, 0.29) is 5.56 Å². The molecule has 2 N–H and O–H groups in total. The summed E-state index contributed by atoms with van der Waals surface area (Å²) in [6.45, 7) is 2.52. The van der Waals surface area contributed by atoms with E-state index in [1.807, 2.05) is 6.92 Å². The lowest BCUT2D eigenvalue weighted by Gasteiger charge is -2.12. The van der Waals surface area contributed by atoms with E-state index in [0.29, 0.717) is 23.7 Å². The van der Waals surface area contributed by atoms with Crippen molar-refractivity contribution in [3.63, 3.8) is 0 Å². The molecule has 0 atom stereocenters. The Morgan fingerprint density at radius 1 is 0.960 bits per heavy atom. The highest BCUT2D eigenvalue weighted by atomic mass is 19.1. The number of carbonyl (C=O) groups excluding carboxylic acids is 2. The average Bonchev–Trinajstić information content (AvgIpc) is 2.64. The molecule has 0 radical (unpaired) electrons. The maximum Gasteiger partial charge on any atom is 0.269 e. The fourth-order valence-electron chi connectivity index (χ4n) is 2.00. The van der Waals surface area contributed by atoms with E-state index in [2.05, 4.69) is 10.9 Å². The molecule has 0 bridgehead atoms. The van der Waals surface area contributed by atoms with Gasteiger partial charge in [-0.25, -0.2) is 4.39 Å². The van der Waals surface area contributed by atoms with Gasteiger partial charge < -0.3 is 9.47 Å². The number of halogens is 1. The Kier molecular flexibility index (Phi) is 6.33. The van der Waals surface area contributed by atoms with Gasteiger partial charge in [0.25, 0.3) is 11.8 Å². The van der Waals surface area contributed by atoms with Crippen molar-refractivity contribution in [3.05, 3.63) is 59.4 Å². The number of nitrogens with one attached hydrogen (secondary N) is 2. The number of carbonyl (C=O) groups is 2. The van der Waals surface area contributed by atoms with E-state index in [0.717, 1.165) is 18.6 Å². The molecule has 0 aliphatic carbocycles. The van der Waals surface area contributed by atoms with Gasteiger partial charge in [0.1, 0.15) is 5.82 Å². The third-order valence-electron chi connectivity index (χ3n) is 3.28. The minimum Gasteiger partial charge on any atom is -0.493 e. The zero-order valence-electron chi connectivity index (χ0n) is 14.0. The van der Waals surface area contributed by atoms with Gasteiger partial charge in [-0.3, -0.25) is 20.4 Å². The van der Waals surface area contributed by atoms with Gasteiger partial charge in [-0.05, 0) is 48.9 Å². The lowest BCUT2D eigenvalue weighted by molar-refractivity contribution is 0.0846. The molecule has 6 nitrogen and oxygen atoms in total. The molecule has 2 aromatic rings. The van der Waals surface area contributed by atoms with Gasteiger partial charge in [-0.15, -0.1) is 0 Å². The first-order valence-corrected chi connectivity index (χ1v) is 7.72. The molecule has 7 heteroatoms. The normalized spacial score (nSPS) is 10.0. The maximum atomic E-state index is 12.8. The topological polar surface area (TPSA) is 76.7 Å². The second-order valence-corrected chi connectivity index (χ2v) is 5.13. The van der Waals surface area contributed by atoms with Crippen LogP contribution in [-0.4, -0.2) is 25.5 Å². The largest absolute Gasteiger partial charge is 0.493 e. The fraction of sp³-hybridized carbons (Fsp3) is 0.222. The van der Waals surface area contributed by atoms with Crippen LogP contribution >= 0.6 is 0 Å². The van der Waals surface area contributed by atoms with Crippen LogP contribution in [-0.2, 0) is 0 Å². The molecule has 0 aromatic heterocycles. The van der Waals surface area contributed by atoms with Crippen LogP contribution < -0.4 is 20.3 Å². The van der Waals surface area contributed by atoms with E-state index >= 15 is 0 Å². The molecule has 0 aliphatic heterocycles. The first-order valence-electron chi connectivity index (χ1n) is 7.72. The van der Waals surface area contributed by atoms with Crippen LogP contribution in [0.5, 0.6) is 11.5 Å². The number of ether oxygens (including phenoxy) is 2. The van der Waals surface area contributed by atoms with Crippen LogP contribution in [0.4, 0.5) is 4.39 Å². The molecule has 2 amide bonds. The number of methoxy groups -OCH3 is 1. The zero-order valence-corrected chi connectivity index (χ0v) is 14.0. The van der Waals surface area contributed by atoms with Gasteiger partial charge >= 0.3 is 0 Å². The summed E-state index contributed by atoms with van der Waals surface area (Å²) in [6.07, 6.45) is 0.848. The second-order valence-electron chi connectivity index (χ2n) is 5.13.